The van der Waals surface area contributed by atoms with Crippen molar-refractivity contribution in [3.63, 3.8) is 0 Å². The third-order valence-corrected chi connectivity index (χ3v) is 3.20. The van der Waals surface area contributed by atoms with E-state index in [0.29, 0.717) is 19.8 Å². The zero-order valence-corrected chi connectivity index (χ0v) is 12.9. The standard InChI is InChI=1S/C16H26N2O3/c1-3-13-6-7-14(4-2)15(12-13)18-16(20)17-8-5-10-21-11-9-19/h6-7,12,19H,3-5,8-11H2,1-2H3,(H2,17,18,20). The lowest BCUT2D eigenvalue weighted by Crippen LogP contribution is -2.30. The van der Waals surface area contributed by atoms with Crippen molar-refractivity contribution < 1.29 is 14.6 Å². The molecule has 1 aromatic carbocycles. The minimum absolute atomic E-state index is 0.0292. The number of anilines is 1. The molecule has 1 aromatic rings. The van der Waals surface area contributed by atoms with Crippen molar-refractivity contribution in [2.24, 2.45) is 0 Å². The van der Waals surface area contributed by atoms with Crippen LogP contribution in [0.25, 0.3) is 0 Å². The van der Waals surface area contributed by atoms with E-state index in [1.807, 2.05) is 6.07 Å². The second-order valence-electron chi connectivity index (χ2n) is 4.77. The number of benzene rings is 1. The summed E-state index contributed by atoms with van der Waals surface area (Å²) >= 11 is 0. The summed E-state index contributed by atoms with van der Waals surface area (Å²) in [5.41, 5.74) is 3.22. The van der Waals surface area contributed by atoms with E-state index >= 15 is 0 Å². The van der Waals surface area contributed by atoms with Crippen LogP contribution >= 0.6 is 0 Å². The van der Waals surface area contributed by atoms with Gasteiger partial charge in [-0.2, -0.15) is 0 Å². The highest BCUT2D eigenvalue weighted by Gasteiger charge is 2.06. The molecular formula is C16H26N2O3. The predicted octanol–water partition coefficient (Wildman–Crippen LogP) is 2.33. The van der Waals surface area contributed by atoms with E-state index in [1.165, 1.54) is 5.56 Å². The van der Waals surface area contributed by atoms with E-state index in [0.717, 1.165) is 30.5 Å². The Balaban J connectivity index is 2.39. The van der Waals surface area contributed by atoms with Gasteiger partial charge in [-0.3, -0.25) is 0 Å². The van der Waals surface area contributed by atoms with Gasteiger partial charge < -0.3 is 20.5 Å². The lowest BCUT2D eigenvalue weighted by atomic mass is 10.1. The SMILES string of the molecule is CCc1ccc(CC)c(NC(=O)NCCCOCCO)c1. The molecule has 0 saturated heterocycles. The van der Waals surface area contributed by atoms with Crippen molar-refractivity contribution >= 4 is 11.7 Å². The molecule has 5 nitrogen and oxygen atoms in total. The number of hydrogen-bond acceptors (Lipinski definition) is 3. The lowest BCUT2D eigenvalue weighted by Gasteiger charge is -2.12. The zero-order chi connectivity index (χ0) is 15.5. The van der Waals surface area contributed by atoms with Gasteiger partial charge in [0, 0.05) is 18.8 Å². The first-order valence-electron chi connectivity index (χ1n) is 7.56. The van der Waals surface area contributed by atoms with E-state index < -0.39 is 0 Å². The van der Waals surface area contributed by atoms with Gasteiger partial charge in [-0.05, 0) is 36.5 Å². The summed E-state index contributed by atoms with van der Waals surface area (Å²) in [6, 6.07) is 6.00. The maximum absolute atomic E-state index is 11.9. The zero-order valence-electron chi connectivity index (χ0n) is 12.9. The summed E-state index contributed by atoms with van der Waals surface area (Å²) in [6.07, 6.45) is 2.56. The van der Waals surface area contributed by atoms with Crippen molar-refractivity contribution in [3.05, 3.63) is 29.3 Å². The van der Waals surface area contributed by atoms with Gasteiger partial charge in [0.25, 0.3) is 0 Å². The van der Waals surface area contributed by atoms with Gasteiger partial charge in [0.05, 0.1) is 13.2 Å². The second-order valence-corrected chi connectivity index (χ2v) is 4.77. The quantitative estimate of drug-likeness (QED) is 0.612. The van der Waals surface area contributed by atoms with Gasteiger partial charge in [-0.25, -0.2) is 4.79 Å². The van der Waals surface area contributed by atoms with Crippen LogP contribution in [0.4, 0.5) is 10.5 Å². The summed E-state index contributed by atoms with van der Waals surface area (Å²) in [4.78, 5) is 11.9. The van der Waals surface area contributed by atoms with Crippen LogP contribution in [0.3, 0.4) is 0 Å². The molecule has 21 heavy (non-hydrogen) atoms. The van der Waals surface area contributed by atoms with E-state index in [9.17, 15) is 4.79 Å². The van der Waals surface area contributed by atoms with Crippen LogP contribution in [0.1, 0.15) is 31.4 Å². The molecule has 0 aliphatic rings. The molecule has 3 N–H and O–H groups in total. The average Bonchev–Trinajstić information content (AvgIpc) is 2.50. The molecule has 0 aliphatic carbocycles. The fourth-order valence-electron chi connectivity index (χ4n) is 1.98. The number of nitrogens with one attached hydrogen (secondary N) is 2. The van der Waals surface area contributed by atoms with Crippen LogP contribution in [-0.4, -0.2) is 37.5 Å². The van der Waals surface area contributed by atoms with Gasteiger partial charge >= 0.3 is 6.03 Å². The molecular weight excluding hydrogens is 268 g/mol. The number of amides is 2. The van der Waals surface area contributed by atoms with Crippen LogP contribution in [0.5, 0.6) is 0 Å². The maximum atomic E-state index is 11.9. The molecule has 2 amide bonds. The molecule has 1 rings (SSSR count). The van der Waals surface area contributed by atoms with Crippen LogP contribution in [0.2, 0.25) is 0 Å². The summed E-state index contributed by atoms with van der Waals surface area (Å²) in [6.45, 7) is 5.62. The van der Waals surface area contributed by atoms with E-state index in [4.69, 9.17) is 9.84 Å². The van der Waals surface area contributed by atoms with Crippen LogP contribution < -0.4 is 10.6 Å². The number of carbonyl (C=O) groups is 1. The van der Waals surface area contributed by atoms with Crippen LogP contribution in [-0.2, 0) is 17.6 Å². The smallest absolute Gasteiger partial charge is 0.319 e. The summed E-state index contributed by atoms with van der Waals surface area (Å²) in [5.74, 6) is 0. The van der Waals surface area contributed by atoms with Crippen molar-refractivity contribution in [1.82, 2.24) is 5.32 Å². The maximum Gasteiger partial charge on any atom is 0.319 e. The highest BCUT2D eigenvalue weighted by Crippen LogP contribution is 2.18. The van der Waals surface area contributed by atoms with E-state index in [1.54, 1.807) is 0 Å². The summed E-state index contributed by atoms with van der Waals surface area (Å²) in [5, 5.41) is 14.3. The molecule has 0 bridgehead atoms. The first kappa shape index (κ1) is 17.5. The fourth-order valence-corrected chi connectivity index (χ4v) is 1.98. The number of rotatable bonds is 9. The topological polar surface area (TPSA) is 70.6 Å². The molecule has 0 atom stereocenters. The number of aryl methyl sites for hydroxylation is 2. The Bertz CT molecular complexity index is 436. The summed E-state index contributed by atoms with van der Waals surface area (Å²) < 4.78 is 5.13. The first-order valence-corrected chi connectivity index (χ1v) is 7.56. The Hall–Kier alpha value is -1.59. The van der Waals surface area contributed by atoms with Gasteiger partial charge in [0.15, 0.2) is 0 Å². The van der Waals surface area contributed by atoms with Gasteiger partial charge in [0.2, 0.25) is 0 Å². The van der Waals surface area contributed by atoms with Crippen molar-refractivity contribution in [1.29, 1.82) is 0 Å². The number of ether oxygens (including phenoxy) is 1. The number of hydrogen-bond donors (Lipinski definition) is 3. The van der Waals surface area contributed by atoms with Crippen molar-refractivity contribution in [2.75, 3.05) is 31.7 Å². The van der Waals surface area contributed by atoms with E-state index in [2.05, 4.69) is 36.6 Å². The van der Waals surface area contributed by atoms with Crippen molar-refractivity contribution in [2.45, 2.75) is 33.1 Å². The van der Waals surface area contributed by atoms with Gasteiger partial charge in [0.1, 0.15) is 0 Å². The molecule has 0 heterocycles. The highest BCUT2D eigenvalue weighted by atomic mass is 16.5. The normalized spacial score (nSPS) is 10.4. The van der Waals surface area contributed by atoms with Crippen LogP contribution in [0.15, 0.2) is 18.2 Å². The Morgan fingerprint density at radius 2 is 2.05 bits per heavy atom. The van der Waals surface area contributed by atoms with Gasteiger partial charge in [-0.1, -0.05) is 26.0 Å². The van der Waals surface area contributed by atoms with Crippen molar-refractivity contribution in [3.8, 4) is 0 Å². The first-order chi connectivity index (χ1) is 10.2. The Morgan fingerprint density at radius 1 is 1.24 bits per heavy atom. The molecule has 5 heteroatoms. The molecule has 0 radical (unpaired) electrons. The fraction of sp³-hybridized carbons (Fsp3) is 0.562. The molecule has 0 spiro atoms. The van der Waals surface area contributed by atoms with E-state index in [-0.39, 0.29) is 12.6 Å². The van der Waals surface area contributed by atoms with Gasteiger partial charge in [-0.15, -0.1) is 0 Å². The highest BCUT2D eigenvalue weighted by molar-refractivity contribution is 5.90. The molecule has 0 unspecified atom stereocenters. The Kier molecular flexibility index (Phi) is 8.47. The summed E-state index contributed by atoms with van der Waals surface area (Å²) in [7, 11) is 0. The molecule has 118 valence electrons. The largest absolute Gasteiger partial charge is 0.394 e. The number of aliphatic hydroxyl groups excluding tert-OH is 1. The minimum Gasteiger partial charge on any atom is -0.394 e. The number of urea groups is 1. The Morgan fingerprint density at radius 3 is 2.71 bits per heavy atom. The molecule has 0 fully saturated rings. The lowest BCUT2D eigenvalue weighted by molar-refractivity contribution is 0.0910. The number of carbonyl (C=O) groups excluding carboxylic acids is 1. The van der Waals surface area contributed by atoms with Crippen LogP contribution in [0, 0.1) is 0 Å². The second kappa shape index (κ2) is 10.2. The molecule has 0 saturated carbocycles. The molecule has 0 aromatic heterocycles. The predicted molar refractivity (Wildman–Crippen MR) is 84.7 cm³/mol. The third kappa shape index (κ3) is 6.60. The number of aliphatic hydroxyl groups is 1. The average molecular weight is 294 g/mol. The minimum atomic E-state index is -0.194. The Labute approximate surface area is 126 Å². The monoisotopic (exact) mass is 294 g/mol. The third-order valence-electron chi connectivity index (χ3n) is 3.20. The molecule has 0 aliphatic heterocycles.